The second-order valence-electron chi connectivity index (χ2n) is 4.36. The summed E-state index contributed by atoms with van der Waals surface area (Å²) in [5, 5.41) is 23.4. The Bertz CT molecular complexity index is 448. The van der Waals surface area contributed by atoms with E-state index < -0.39 is 16.6 Å². The van der Waals surface area contributed by atoms with Crippen molar-refractivity contribution in [2.75, 3.05) is 12.4 Å². The van der Waals surface area contributed by atoms with E-state index in [0.29, 0.717) is 0 Å². The summed E-state index contributed by atoms with van der Waals surface area (Å²) >= 11 is 0. The van der Waals surface area contributed by atoms with Crippen LogP contribution in [0.25, 0.3) is 0 Å². The van der Waals surface area contributed by atoms with Crippen LogP contribution in [0.3, 0.4) is 0 Å². The Labute approximate surface area is 104 Å². The number of nitrogens with one attached hydrogen (secondary N) is 1. The molecule has 0 aromatic carbocycles. The van der Waals surface area contributed by atoms with Gasteiger partial charge in [-0.25, -0.2) is 4.98 Å². The molecule has 8 heteroatoms. The minimum absolute atomic E-state index is 0.0118. The van der Waals surface area contributed by atoms with Gasteiger partial charge in [0, 0.05) is 0 Å². The van der Waals surface area contributed by atoms with E-state index in [1.54, 1.807) is 20.8 Å². The molecule has 0 aliphatic heterocycles. The first kappa shape index (κ1) is 14.1. The van der Waals surface area contributed by atoms with Crippen LogP contribution in [0.1, 0.15) is 20.8 Å². The van der Waals surface area contributed by atoms with Crippen molar-refractivity contribution in [1.82, 2.24) is 9.97 Å². The van der Waals surface area contributed by atoms with Crippen LogP contribution in [0.15, 0.2) is 6.33 Å². The Hall–Kier alpha value is -1.96. The highest BCUT2D eigenvalue weighted by atomic mass is 16.6. The van der Waals surface area contributed by atoms with Crippen LogP contribution in [0.5, 0.6) is 5.88 Å². The summed E-state index contributed by atoms with van der Waals surface area (Å²) < 4.78 is 4.83. The first-order valence-electron chi connectivity index (χ1n) is 5.29. The predicted octanol–water partition coefficient (Wildman–Crippen LogP) is 0.965. The van der Waals surface area contributed by atoms with Gasteiger partial charge in [-0.15, -0.1) is 0 Å². The van der Waals surface area contributed by atoms with E-state index in [2.05, 4.69) is 15.3 Å². The first-order valence-corrected chi connectivity index (χ1v) is 5.29. The molecule has 18 heavy (non-hydrogen) atoms. The van der Waals surface area contributed by atoms with Gasteiger partial charge in [-0.05, 0) is 20.8 Å². The molecule has 0 saturated heterocycles. The number of rotatable bonds is 5. The fourth-order valence-electron chi connectivity index (χ4n) is 1.18. The first-order chi connectivity index (χ1) is 8.29. The molecule has 1 heterocycles. The molecular formula is C10H16N4O4. The number of hydrogen-bond acceptors (Lipinski definition) is 7. The summed E-state index contributed by atoms with van der Waals surface area (Å²) in [5.74, 6) is -0.114. The number of anilines is 1. The van der Waals surface area contributed by atoms with Gasteiger partial charge in [-0.1, -0.05) is 0 Å². The summed E-state index contributed by atoms with van der Waals surface area (Å²) in [6.07, 6.45) is 0.435. The van der Waals surface area contributed by atoms with Crippen molar-refractivity contribution in [3.63, 3.8) is 0 Å². The maximum absolute atomic E-state index is 11.0. The Kier molecular flexibility index (Phi) is 4.02. The lowest BCUT2D eigenvalue weighted by atomic mass is 9.99. The number of methoxy groups -OCH3 is 1. The lowest BCUT2D eigenvalue weighted by Crippen LogP contribution is -2.42. The second kappa shape index (κ2) is 5.13. The summed E-state index contributed by atoms with van der Waals surface area (Å²) in [6, 6.07) is 0. The van der Waals surface area contributed by atoms with Crippen LogP contribution < -0.4 is 10.1 Å². The van der Waals surface area contributed by atoms with Gasteiger partial charge < -0.3 is 15.2 Å². The lowest BCUT2D eigenvalue weighted by molar-refractivity contribution is -0.385. The Balaban J connectivity index is 3.21. The van der Waals surface area contributed by atoms with Crippen molar-refractivity contribution in [3.05, 3.63) is 16.4 Å². The van der Waals surface area contributed by atoms with Gasteiger partial charge in [0.2, 0.25) is 5.82 Å². The van der Waals surface area contributed by atoms with E-state index in [1.165, 1.54) is 7.11 Å². The number of nitrogens with zero attached hydrogens (tertiary/aromatic N) is 3. The maximum Gasteiger partial charge on any atom is 0.372 e. The number of aromatic nitrogens is 2. The summed E-state index contributed by atoms with van der Waals surface area (Å²) in [4.78, 5) is 17.9. The number of ether oxygens (including phenoxy) is 1. The minimum Gasteiger partial charge on any atom is -0.476 e. The average Bonchev–Trinajstić information content (AvgIpc) is 2.27. The van der Waals surface area contributed by atoms with Gasteiger partial charge in [0.25, 0.3) is 5.88 Å². The number of aliphatic hydroxyl groups is 1. The van der Waals surface area contributed by atoms with Gasteiger partial charge in [-0.3, -0.25) is 10.1 Å². The van der Waals surface area contributed by atoms with Crippen LogP contribution in [0.4, 0.5) is 11.5 Å². The summed E-state index contributed by atoms with van der Waals surface area (Å²) in [5.41, 5.74) is -1.13. The fourth-order valence-corrected chi connectivity index (χ4v) is 1.18. The van der Waals surface area contributed by atoms with E-state index >= 15 is 0 Å². The lowest BCUT2D eigenvalue weighted by Gasteiger charge is -2.29. The maximum atomic E-state index is 11.0. The molecule has 1 aromatic heterocycles. The third-order valence-electron chi connectivity index (χ3n) is 2.65. The SMILES string of the molecule is COc1ncnc(NC(C)(C)C(C)O)c1[N+](=O)[O-]. The van der Waals surface area contributed by atoms with Crippen LogP contribution in [0, 0.1) is 10.1 Å². The Morgan fingerprint density at radius 1 is 1.56 bits per heavy atom. The van der Waals surface area contributed by atoms with Crippen molar-refractivity contribution in [3.8, 4) is 5.88 Å². The van der Waals surface area contributed by atoms with Gasteiger partial charge in [0.1, 0.15) is 6.33 Å². The summed E-state index contributed by atoms with van der Waals surface area (Å²) in [6.45, 7) is 4.99. The monoisotopic (exact) mass is 256 g/mol. The zero-order valence-electron chi connectivity index (χ0n) is 10.7. The molecule has 1 unspecified atom stereocenters. The van der Waals surface area contributed by atoms with Crippen LogP contribution in [-0.2, 0) is 0 Å². The Morgan fingerprint density at radius 3 is 2.61 bits per heavy atom. The molecule has 8 nitrogen and oxygen atoms in total. The molecular weight excluding hydrogens is 240 g/mol. The number of aliphatic hydroxyl groups excluding tert-OH is 1. The zero-order chi connectivity index (χ0) is 13.9. The normalized spacial score (nSPS) is 12.9. The molecule has 0 aliphatic rings. The third-order valence-corrected chi connectivity index (χ3v) is 2.65. The fraction of sp³-hybridized carbons (Fsp3) is 0.600. The molecule has 2 N–H and O–H groups in total. The molecule has 0 fully saturated rings. The molecule has 0 spiro atoms. The van der Waals surface area contributed by atoms with E-state index in [0.717, 1.165) is 6.33 Å². The van der Waals surface area contributed by atoms with E-state index in [4.69, 9.17) is 4.74 Å². The van der Waals surface area contributed by atoms with Crippen LogP contribution >= 0.6 is 0 Å². The number of nitro groups is 1. The third kappa shape index (κ3) is 2.83. The molecule has 100 valence electrons. The van der Waals surface area contributed by atoms with Crippen molar-refractivity contribution < 1.29 is 14.8 Å². The van der Waals surface area contributed by atoms with E-state index in [1.807, 2.05) is 0 Å². The van der Waals surface area contributed by atoms with E-state index in [9.17, 15) is 15.2 Å². The van der Waals surface area contributed by atoms with Crippen molar-refractivity contribution in [1.29, 1.82) is 0 Å². The zero-order valence-corrected chi connectivity index (χ0v) is 10.7. The highest BCUT2D eigenvalue weighted by molar-refractivity contribution is 5.62. The Morgan fingerprint density at radius 2 is 2.17 bits per heavy atom. The molecule has 0 amide bonds. The van der Waals surface area contributed by atoms with Crippen LogP contribution in [-0.4, -0.2) is 38.8 Å². The molecule has 1 aromatic rings. The highest BCUT2D eigenvalue weighted by Crippen LogP contribution is 2.32. The second-order valence-corrected chi connectivity index (χ2v) is 4.36. The molecule has 1 rings (SSSR count). The molecule has 0 saturated carbocycles. The summed E-state index contributed by atoms with van der Waals surface area (Å²) in [7, 11) is 1.29. The standard InChI is InChI=1S/C10H16N4O4/c1-6(15)10(2,3)13-8-7(14(16)17)9(18-4)12-5-11-8/h5-6,15H,1-4H3,(H,11,12,13). The average molecular weight is 256 g/mol. The minimum atomic E-state index is -0.774. The van der Waals surface area contributed by atoms with Crippen molar-refractivity contribution in [2.24, 2.45) is 0 Å². The molecule has 0 radical (unpaired) electrons. The van der Waals surface area contributed by atoms with Crippen molar-refractivity contribution >= 4 is 11.5 Å². The van der Waals surface area contributed by atoms with Gasteiger partial charge >= 0.3 is 5.69 Å². The van der Waals surface area contributed by atoms with Gasteiger partial charge in [0.05, 0.1) is 23.7 Å². The topological polar surface area (TPSA) is 110 Å². The van der Waals surface area contributed by atoms with E-state index in [-0.39, 0.29) is 17.4 Å². The molecule has 0 aliphatic carbocycles. The largest absolute Gasteiger partial charge is 0.476 e. The van der Waals surface area contributed by atoms with Crippen molar-refractivity contribution in [2.45, 2.75) is 32.4 Å². The van der Waals surface area contributed by atoms with Crippen LogP contribution in [0.2, 0.25) is 0 Å². The smallest absolute Gasteiger partial charge is 0.372 e. The quantitative estimate of drug-likeness (QED) is 0.596. The van der Waals surface area contributed by atoms with Gasteiger partial charge in [0.15, 0.2) is 0 Å². The molecule has 1 atom stereocenters. The predicted molar refractivity (Wildman–Crippen MR) is 64.6 cm³/mol. The van der Waals surface area contributed by atoms with Gasteiger partial charge in [-0.2, -0.15) is 4.98 Å². The number of hydrogen-bond donors (Lipinski definition) is 2. The molecule has 0 bridgehead atoms. The highest BCUT2D eigenvalue weighted by Gasteiger charge is 2.31.